The third-order valence-electron chi connectivity index (χ3n) is 2.44. The van der Waals surface area contributed by atoms with Gasteiger partial charge >= 0.3 is 0 Å². The summed E-state index contributed by atoms with van der Waals surface area (Å²) in [6.45, 7) is 2.13. The van der Waals surface area contributed by atoms with Crippen LogP contribution in [0.1, 0.15) is 12.5 Å². The predicted octanol–water partition coefficient (Wildman–Crippen LogP) is 2.41. The van der Waals surface area contributed by atoms with Gasteiger partial charge in [-0.05, 0) is 18.2 Å². The summed E-state index contributed by atoms with van der Waals surface area (Å²) in [5, 5.41) is 0.645. The van der Waals surface area contributed by atoms with Crippen molar-refractivity contribution in [2.45, 2.75) is 18.5 Å². The molecule has 0 saturated carbocycles. The van der Waals surface area contributed by atoms with Crippen LogP contribution in [0.3, 0.4) is 0 Å². The molecule has 1 heterocycles. The van der Waals surface area contributed by atoms with Crippen LogP contribution in [0, 0.1) is 0 Å². The third kappa shape index (κ3) is 2.74. The van der Waals surface area contributed by atoms with Gasteiger partial charge in [-0.25, -0.2) is 4.98 Å². The number of hydrogen-bond donors (Lipinski definition) is 1. The fourth-order valence-electron chi connectivity index (χ4n) is 1.48. The van der Waals surface area contributed by atoms with Crippen molar-refractivity contribution in [3.8, 4) is 11.4 Å². The third-order valence-corrected chi connectivity index (χ3v) is 2.98. The molecule has 0 radical (unpaired) electrons. The van der Waals surface area contributed by atoms with Gasteiger partial charge < -0.3 is 5.73 Å². The molecule has 2 rings (SSSR count). The van der Waals surface area contributed by atoms with Crippen LogP contribution in [0.15, 0.2) is 29.4 Å². The van der Waals surface area contributed by atoms with E-state index in [4.69, 9.17) is 5.73 Å². The molecule has 0 spiro atoms. The highest BCUT2D eigenvalue weighted by Gasteiger charge is 2.05. The quantitative estimate of drug-likeness (QED) is 0.842. The van der Waals surface area contributed by atoms with Gasteiger partial charge in [-0.15, -0.1) is 0 Å². The number of nitrogens with two attached hydrogens (primary N) is 1. The van der Waals surface area contributed by atoms with E-state index in [2.05, 4.69) is 34.0 Å². The first-order valence-electron chi connectivity index (χ1n) is 5.37. The largest absolute Gasteiger partial charge is 0.368 e. The number of aromatic nitrogens is 3. The first-order valence-corrected chi connectivity index (χ1v) is 6.60. The van der Waals surface area contributed by atoms with E-state index in [9.17, 15) is 0 Å². The van der Waals surface area contributed by atoms with Gasteiger partial charge in [0.25, 0.3) is 0 Å². The Hall–Kier alpha value is -1.62. The number of nitrogens with zero attached hydrogens (tertiary/aromatic N) is 3. The molecule has 0 aliphatic heterocycles. The van der Waals surface area contributed by atoms with E-state index in [1.165, 1.54) is 17.3 Å². The van der Waals surface area contributed by atoms with Crippen LogP contribution in [0.2, 0.25) is 0 Å². The maximum absolute atomic E-state index is 5.65. The smallest absolute Gasteiger partial charge is 0.224 e. The molecule has 0 bridgehead atoms. The highest BCUT2D eigenvalue weighted by atomic mass is 32.2. The van der Waals surface area contributed by atoms with Gasteiger partial charge in [0, 0.05) is 5.56 Å². The van der Waals surface area contributed by atoms with Crippen molar-refractivity contribution in [3.05, 3.63) is 29.8 Å². The molecule has 2 N–H and O–H groups in total. The van der Waals surface area contributed by atoms with Gasteiger partial charge in [-0.1, -0.05) is 43.0 Å². The maximum atomic E-state index is 5.65. The summed E-state index contributed by atoms with van der Waals surface area (Å²) in [6, 6.07) is 8.18. The number of anilines is 1. The van der Waals surface area contributed by atoms with Gasteiger partial charge in [-0.2, -0.15) is 9.97 Å². The van der Waals surface area contributed by atoms with E-state index in [1.807, 2.05) is 18.4 Å². The molecular weight excluding hydrogens is 232 g/mol. The lowest BCUT2D eigenvalue weighted by Gasteiger charge is -2.04. The number of nitrogen functional groups attached to an aromatic ring is 1. The molecule has 0 aliphatic carbocycles. The zero-order valence-corrected chi connectivity index (χ0v) is 10.7. The van der Waals surface area contributed by atoms with Crippen LogP contribution in [-0.2, 0) is 6.42 Å². The van der Waals surface area contributed by atoms with Crippen molar-refractivity contribution in [1.82, 2.24) is 15.0 Å². The molecule has 0 saturated heterocycles. The molecule has 0 unspecified atom stereocenters. The van der Waals surface area contributed by atoms with Crippen LogP contribution >= 0.6 is 11.8 Å². The van der Waals surface area contributed by atoms with Crippen LogP contribution in [0.5, 0.6) is 0 Å². The summed E-state index contributed by atoms with van der Waals surface area (Å²) < 4.78 is 0. The van der Waals surface area contributed by atoms with E-state index in [0.717, 1.165) is 12.0 Å². The van der Waals surface area contributed by atoms with Gasteiger partial charge in [-0.3, -0.25) is 0 Å². The van der Waals surface area contributed by atoms with Crippen molar-refractivity contribution in [2.24, 2.45) is 0 Å². The summed E-state index contributed by atoms with van der Waals surface area (Å²) in [4.78, 5) is 12.5. The van der Waals surface area contributed by atoms with Crippen molar-refractivity contribution in [1.29, 1.82) is 0 Å². The van der Waals surface area contributed by atoms with Crippen LogP contribution in [0.25, 0.3) is 11.4 Å². The van der Waals surface area contributed by atoms with Gasteiger partial charge in [0.2, 0.25) is 5.95 Å². The Kier molecular flexibility index (Phi) is 3.58. The molecule has 88 valence electrons. The lowest BCUT2D eigenvalue weighted by atomic mass is 10.1. The Morgan fingerprint density at radius 1 is 1.12 bits per heavy atom. The molecule has 0 fully saturated rings. The normalized spacial score (nSPS) is 10.5. The second-order valence-electron chi connectivity index (χ2n) is 3.55. The minimum absolute atomic E-state index is 0.263. The lowest BCUT2D eigenvalue weighted by Crippen LogP contribution is -2.01. The number of rotatable bonds is 3. The highest BCUT2D eigenvalue weighted by Crippen LogP contribution is 2.19. The van der Waals surface area contributed by atoms with Crippen molar-refractivity contribution < 1.29 is 0 Å². The van der Waals surface area contributed by atoms with E-state index < -0.39 is 0 Å². The van der Waals surface area contributed by atoms with Crippen molar-refractivity contribution in [2.75, 3.05) is 12.0 Å². The Labute approximate surface area is 105 Å². The minimum Gasteiger partial charge on any atom is -0.368 e. The summed E-state index contributed by atoms with van der Waals surface area (Å²) >= 11 is 1.46. The molecule has 1 aromatic carbocycles. The van der Waals surface area contributed by atoms with Gasteiger partial charge in [0.1, 0.15) is 0 Å². The molecule has 2 aromatic rings. The number of thioether (sulfide) groups is 1. The van der Waals surface area contributed by atoms with Gasteiger partial charge in [0.05, 0.1) is 0 Å². The second kappa shape index (κ2) is 5.14. The standard InChI is InChI=1S/C12H14N4S/c1-3-8-4-6-9(7-5-8)10-14-11(13)16-12(15-10)17-2/h4-7H,3H2,1-2H3,(H2,13,14,15,16). The average Bonchev–Trinajstić information content (AvgIpc) is 2.38. The van der Waals surface area contributed by atoms with E-state index in [-0.39, 0.29) is 5.95 Å². The van der Waals surface area contributed by atoms with Crippen LogP contribution in [-0.4, -0.2) is 21.2 Å². The molecular formula is C12H14N4S. The fraction of sp³-hybridized carbons (Fsp3) is 0.250. The maximum Gasteiger partial charge on any atom is 0.224 e. The van der Waals surface area contributed by atoms with Crippen molar-refractivity contribution >= 4 is 17.7 Å². The molecule has 0 atom stereocenters. The SMILES string of the molecule is CCc1ccc(-c2nc(N)nc(SC)n2)cc1. The molecule has 5 heteroatoms. The number of aryl methyl sites for hydroxylation is 1. The monoisotopic (exact) mass is 246 g/mol. The summed E-state index contributed by atoms with van der Waals surface area (Å²) in [5.41, 5.74) is 7.91. The fourth-order valence-corrected chi connectivity index (χ4v) is 1.84. The van der Waals surface area contributed by atoms with E-state index in [1.54, 1.807) is 0 Å². The predicted molar refractivity (Wildman–Crippen MR) is 70.8 cm³/mol. The highest BCUT2D eigenvalue weighted by molar-refractivity contribution is 7.98. The number of benzene rings is 1. The van der Waals surface area contributed by atoms with Crippen LogP contribution < -0.4 is 5.73 Å². The zero-order chi connectivity index (χ0) is 12.3. The Balaban J connectivity index is 2.41. The Morgan fingerprint density at radius 2 is 1.82 bits per heavy atom. The molecule has 0 amide bonds. The lowest BCUT2D eigenvalue weighted by molar-refractivity contribution is 0.927. The molecule has 0 aliphatic rings. The first-order chi connectivity index (χ1) is 8.22. The van der Waals surface area contributed by atoms with Gasteiger partial charge in [0.15, 0.2) is 11.0 Å². The van der Waals surface area contributed by atoms with Crippen molar-refractivity contribution in [3.63, 3.8) is 0 Å². The average molecular weight is 246 g/mol. The van der Waals surface area contributed by atoms with E-state index >= 15 is 0 Å². The molecule has 1 aromatic heterocycles. The second-order valence-corrected chi connectivity index (χ2v) is 4.33. The summed E-state index contributed by atoms with van der Waals surface area (Å²) in [5.74, 6) is 0.892. The first kappa shape index (κ1) is 11.9. The molecule has 4 nitrogen and oxygen atoms in total. The summed E-state index contributed by atoms with van der Waals surface area (Å²) in [7, 11) is 0. The topological polar surface area (TPSA) is 64.7 Å². The summed E-state index contributed by atoms with van der Waals surface area (Å²) in [6.07, 6.45) is 2.94. The minimum atomic E-state index is 0.263. The van der Waals surface area contributed by atoms with E-state index in [0.29, 0.717) is 11.0 Å². The Bertz CT molecular complexity index is 510. The zero-order valence-electron chi connectivity index (χ0n) is 9.84. The van der Waals surface area contributed by atoms with Crippen LogP contribution in [0.4, 0.5) is 5.95 Å². The molecule has 17 heavy (non-hydrogen) atoms. The number of hydrogen-bond acceptors (Lipinski definition) is 5. The Morgan fingerprint density at radius 3 is 2.41 bits per heavy atom.